The maximum atomic E-state index is 6.57. The van der Waals surface area contributed by atoms with Crippen LogP contribution in [-0.2, 0) is 12.0 Å². The molecule has 96 valence electrons. The molecule has 0 bridgehead atoms. The van der Waals surface area contributed by atoms with Crippen LogP contribution in [0, 0.1) is 0 Å². The first kappa shape index (κ1) is 12.0. The topological polar surface area (TPSA) is 77.3 Å². The van der Waals surface area contributed by atoms with Gasteiger partial charge in [-0.1, -0.05) is 30.3 Å². The predicted molar refractivity (Wildman–Crippen MR) is 76.4 cm³/mol. The zero-order valence-corrected chi connectivity index (χ0v) is 10.5. The van der Waals surface area contributed by atoms with Crippen molar-refractivity contribution in [3.8, 4) is 0 Å². The number of nitrogens with two attached hydrogens (primary N) is 2. The van der Waals surface area contributed by atoms with E-state index in [1.165, 1.54) is 0 Å². The number of rotatable bonds is 2. The summed E-state index contributed by atoms with van der Waals surface area (Å²) in [4.78, 5) is 8.72. The van der Waals surface area contributed by atoms with Gasteiger partial charge >= 0.3 is 0 Å². The molecule has 0 saturated carbocycles. The monoisotopic (exact) mass is 252 g/mol. The van der Waals surface area contributed by atoms with E-state index in [0.717, 1.165) is 16.9 Å². The number of benzene rings is 1. The van der Waals surface area contributed by atoms with Crippen LogP contribution in [0.3, 0.4) is 0 Å². The second-order valence-electron chi connectivity index (χ2n) is 4.88. The summed E-state index contributed by atoms with van der Waals surface area (Å²) in [5, 5.41) is 0. The minimum atomic E-state index is -0.709. The van der Waals surface area contributed by atoms with Gasteiger partial charge in [0, 0.05) is 12.4 Å². The third-order valence-electron chi connectivity index (χ3n) is 3.54. The van der Waals surface area contributed by atoms with Crippen molar-refractivity contribution in [2.24, 2.45) is 16.5 Å². The molecule has 1 aromatic carbocycles. The fraction of sp³-hybridized carbons (Fsp3) is 0.200. The Balaban J connectivity index is 2.04. The van der Waals surface area contributed by atoms with Gasteiger partial charge in [0.25, 0.3) is 0 Å². The zero-order chi connectivity index (χ0) is 13.3. The quantitative estimate of drug-likeness (QED) is 0.850. The van der Waals surface area contributed by atoms with Gasteiger partial charge in [0.1, 0.15) is 0 Å². The SMILES string of the molecule is NC1C=Nc2cccnc2C1(N)Cc1ccccc1. The molecular weight excluding hydrogens is 236 g/mol. The van der Waals surface area contributed by atoms with Crippen molar-refractivity contribution < 1.29 is 0 Å². The van der Waals surface area contributed by atoms with Crippen molar-refractivity contribution in [3.05, 3.63) is 59.9 Å². The molecule has 0 amide bonds. The smallest absolute Gasteiger partial charge is 0.0881 e. The minimum Gasteiger partial charge on any atom is -0.321 e. The summed E-state index contributed by atoms with van der Waals surface area (Å²) >= 11 is 0. The van der Waals surface area contributed by atoms with Crippen LogP contribution in [0.15, 0.2) is 53.7 Å². The second-order valence-corrected chi connectivity index (χ2v) is 4.88. The van der Waals surface area contributed by atoms with Crippen LogP contribution in [0.5, 0.6) is 0 Å². The Morgan fingerprint density at radius 1 is 1.11 bits per heavy atom. The molecule has 2 atom stereocenters. The van der Waals surface area contributed by atoms with Crippen LogP contribution in [-0.4, -0.2) is 17.2 Å². The first-order valence-electron chi connectivity index (χ1n) is 6.28. The third-order valence-corrected chi connectivity index (χ3v) is 3.54. The van der Waals surface area contributed by atoms with Crippen LogP contribution in [0.1, 0.15) is 11.3 Å². The highest BCUT2D eigenvalue weighted by Crippen LogP contribution is 2.34. The molecule has 4 N–H and O–H groups in total. The van der Waals surface area contributed by atoms with Gasteiger partial charge < -0.3 is 11.5 Å². The van der Waals surface area contributed by atoms with Crippen LogP contribution in [0.4, 0.5) is 5.69 Å². The molecule has 4 nitrogen and oxygen atoms in total. The molecule has 1 aliphatic heterocycles. The lowest BCUT2D eigenvalue weighted by Gasteiger charge is -2.36. The fourth-order valence-electron chi connectivity index (χ4n) is 2.45. The summed E-state index contributed by atoms with van der Waals surface area (Å²) in [5.74, 6) is 0. The van der Waals surface area contributed by atoms with Crippen molar-refractivity contribution in [3.63, 3.8) is 0 Å². The van der Waals surface area contributed by atoms with E-state index in [1.54, 1.807) is 12.4 Å². The molecule has 0 saturated heterocycles. The molecule has 0 aliphatic carbocycles. The molecule has 0 fully saturated rings. The van der Waals surface area contributed by atoms with Gasteiger partial charge in [-0.15, -0.1) is 0 Å². The summed E-state index contributed by atoms with van der Waals surface area (Å²) < 4.78 is 0. The molecule has 3 rings (SSSR count). The molecule has 1 aliphatic rings. The molecule has 2 heterocycles. The maximum Gasteiger partial charge on any atom is 0.0881 e. The lowest BCUT2D eigenvalue weighted by Crippen LogP contribution is -2.56. The highest BCUT2D eigenvalue weighted by atomic mass is 15.0. The summed E-state index contributed by atoms with van der Waals surface area (Å²) in [5.41, 5.74) is 14.7. The van der Waals surface area contributed by atoms with Crippen molar-refractivity contribution in [1.82, 2.24) is 4.98 Å². The summed E-state index contributed by atoms with van der Waals surface area (Å²) in [6.07, 6.45) is 4.09. The normalized spacial score (nSPS) is 25.1. The molecule has 2 aromatic rings. The number of pyridine rings is 1. The average molecular weight is 252 g/mol. The van der Waals surface area contributed by atoms with E-state index in [4.69, 9.17) is 11.5 Å². The number of aliphatic imine (C=N–C) groups is 1. The fourth-order valence-corrected chi connectivity index (χ4v) is 2.45. The van der Waals surface area contributed by atoms with E-state index in [-0.39, 0.29) is 6.04 Å². The lowest BCUT2D eigenvalue weighted by atomic mass is 9.80. The molecule has 19 heavy (non-hydrogen) atoms. The van der Waals surface area contributed by atoms with E-state index >= 15 is 0 Å². The standard InChI is InChI=1S/C15H16N4/c16-13-10-19-12-7-4-8-18-14(12)15(13,17)9-11-5-2-1-3-6-11/h1-8,10,13H,9,16-17H2. The molecule has 0 spiro atoms. The lowest BCUT2D eigenvalue weighted by molar-refractivity contribution is 0.398. The molecular formula is C15H16N4. The summed E-state index contributed by atoms with van der Waals surface area (Å²) in [6.45, 7) is 0. The Bertz CT molecular complexity index is 609. The van der Waals surface area contributed by atoms with Crippen LogP contribution >= 0.6 is 0 Å². The highest BCUT2D eigenvalue weighted by Gasteiger charge is 2.39. The average Bonchev–Trinajstić information content (AvgIpc) is 2.45. The Hall–Kier alpha value is -2.04. The van der Waals surface area contributed by atoms with E-state index in [2.05, 4.69) is 22.1 Å². The van der Waals surface area contributed by atoms with Crippen LogP contribution in [0.25, 0.3) is 0 Å². The van der Waals surface area contributed by atoms with E-state index in [9.17, 15) is 0 Å². The highest BCUT2D eigenvalue weighted by molar-refractivity contribution is 5.76. The maximum absolute atomic E-state index is 6.57. The molecule has 1 aromatic heterocycles. The number of fused-ring (bicyclic) bond motifs is 1. The minimum absolute atomic E-state index is 0.338. The van der Waals surface area contributed by atoms with Gasteiger partial charge in [-0.25, -0.2) is 0 Å². The first-order chi connectivity index (χ1) is 9.20. The number of nitrogens with zero attached hydrogens (tertiary/aromatic N) is 2. The van der Waals surface area contributed by atoms with Crippen molar-refractivity contribution in [2.75, 3.05) is 0 Å². The second kappa shape index (κ2) is 4.57. The zero-order valence-electron chi connectivity index (χ0n) is 10.5. The van der Waals surface area contributed by atoms with Crippen molar-refractivity contribution in [2.45, 2.75) is 18.0 Å². The van der Waals surface area contributed by atoms with Crippen molar-refractivity contribution >= 4 is 11.9 Å². The summed E-state index contributed by atoms with van der Waals surface area (Å²) in [6, 6.07) is 13.5. The van der Waals surface area contributed by atoms with E-state index < -0.39 is 5.54 Å². The number of hydrogen-bond donors (Lipinski definition) is 2. The molecule has 2 unspecified atom stereocenters. The first-order valence-corrected chi connectivity index (χ1v) is 6.28. The number of aromatic nitrogens is 1. The Kier molecular flexibility index (Phi) is 2.89. The van der Waals surface area contributed by atoms with Gasteiger partial charge in [0.15, 0.2) is 0 Å². The Morgan fingerprint density at radius 3 is 2.68 bits per heavy atom. The Morgan fingerprint density at radius 2 is 1.89 bits per heavy atom. The van der Waals surface area contributed by atoms with E-state index in [0.29, 0.717) is 6.42 Å². The summed E-state index contributed by atoms with van der Waals surface area (Å²) in [7, 11) is 0. The Labute approximate surface area is 112 Å². The predicted octanol–water partition coefficient (Wildman–Crippen LogP) is 1.52. The van der Waals surface area contributed by atoms with Gasteiger partial charge in [0.05, 0.1) is 23.0 Å². The van der Waals surface area contributed by atoms with Crippen LogP contribution < -0.4 is 11.5 Å². The molecule has 0 radical (unpaired) electrons. The third kappa shape index (κ3) is 2.05. The van der Waals surface area contributed by atoms with Gasteiger partial charge in [-0.2, -0.15) is 0 Å². The van der Waals surface area contributed by atoms with E-state index in [1.807, 2.05) is 30.3 Å². The van der Waals surface area contributed by atoms with Crippen LogP contribution in [0.2, 0.25) is 0 Å². The molecule has 4 heteroatoms. The van der Waals surface area contributed by atoms with Gasteiger partial charge in [0.2, 0.25) is 0 Å². The van der Waals surface area contributed by atoms with Gasteiger partial charge in [-0.3, -0.25) is 9.98 Å². The largest absolute Gasteiger partial charge is 0.321 e. The number of hydrogen-bond acceptors (Lipinski definition) is 4. The van der Waals surface area contributed by atoms with Gasteiger partial charge in [-0.05, 0) is 24.1 Å². The van der Waals surface area contributed by atoms with Crippen molar-refractivity contribution in [1.29, 1.82) is 0 Å².